The molecule has 0 saturated heterocycles. The van der Waals surface area contributed by atoms with E-state index in [0.717, 1.165) is 18.4 Å². The molecule has 1 unspecified atom stereocenters. The van der Waals surface area contributed by atoms with Crippen molar-refractivity contribution in [2.75, 3.05) is 6.54 Å². The van der Waals surface area contributed by atoms with Crippen LogP contribution in [0.2, 0.25) is 0 Å². The predicted octanol–water partition coefficient (Wildman–Crippen LogP) is 3.01. The van der Waals surface area contributed by atoms with Crippen molar-refractivity contribution in [2.24, 2.45) is 5.73 Å². The van der Waals surface area contributed by atoms with Gasteiger partial charge in [-0.1, -0.05) is 30.3 Å². The number of halogens is 1. The predicted molar refractivity (Wildman–Crippen MR) is 71.1 cm³/mol. The molecule has 0 heterocycles. The van der Waals surface area contributed by atoms with E-state index in [4.69, 9.17) is 5.73 Å². The maximum Gasteiger partial charge on any atom is 0.123 e. The summed E-state index contributed by atoms with van der Waals surface area (Å²) in [6.07, 6.45) is 1.85. The summed E-state index contributed by atoms with van der Waals surface area (Å²) in [6.45, 7) is 0.565. The number of fused-ring (bicyclic) bond motifs is 2. The Bertz CT molecular complexity index is 577. The molecule has 0 fully saturated rings. The molecule has 1 nitrogen and oxygen atoms in total. The minimum absolute atomic E-state index is 0.157. The molecule has 18 heavy (non-hydrogen) atoms. The van der Waals surface area contributed by atoms with Crippen LogP contribution in [0.3, 0.4) is 0 Å². The molecule has 2 aromatic rings. The Kier molecular flexibility index (Phi) is 2.88. The molecule has 0 aliphatic heterocycles. The topological polar surface area (TPSA) is 26.0 Å². The third-order valence-electron chi connectivity index (χ3n) is 3.81. The van der Waals surface area contributed by atoms with Crippen molar-refractivity contribution in [2.45, 2.75) is 18.8 Å². The Balaban J connectivity index is 2.18. The molecule has 1 atom stereocenters. The van der Waals surface area contributed by atoms with Gasteiger partial charge in [-0.3, -0.25) is 0 Å². The zero-order valence-corrected chi connectivity index (χ0v) is 10.2. The fraction of sp³-hybridized carbons (Fsp3) is 0.250. The number of aryl methyl sites for hydroxylation is 2. The first-order valence-corrected chi connectivity index (χ1v) is 6.36. The van der Waals surface area contributed by atoms with E-state index in [-0.39, 0.29) is 11.7 Å². The van der Waals surface area contributed by atoms with E-state index in [9.17, 15) is 4.39 Å². The fourth-order valence-corrected chi connectivity index (χ4v) is 2.92. The van der Waals surface area contributed by atoms with Gasteiger partial charge in [0.25, 0.3) is 0 Å². The molecule has 0 saturated carbocycles. The molecule has 0 aromatic heterocycles. The number of hydrogen-bond donors (Lipinski definition) is 1. The molecule has 92 valence electrons. The van der Waals surface area contributed by atoms with Crippen molar-refractivity contribution in [1.29, 1.82) is 0 Å². The largest absolute Gasteiger partial charge is 0.330 e. The fourth-order valence-electron chi connectivity index (χ4n) is 2.92. The molecule has 3 rings (SSSR count). The Labute approximate surface area is 106 Å². The Morgan fingerprint density at radius 3 is 2.56 bits per heavy atom. The SMILES string of the molecule is NCC1c2ccccc2CCc2cc(F)ccc21. The van der Waals surface area contributed by atoms with Gasteiger partial charge in [0, 0.05) is 12.5 Å². The number of rotatable bonds is 1. The van der Waals surface area contributed by atoms with Crippen molar-refractivity contribution in [3.8, 4) is 0 Å². The standard InChI is InChI=1S/C16H16FN/c17-13-7-8-15-12(9-13)6-5-11-3-1-2-4-14(11)16(15)10-18/h1-4,7-9,16H,5-6,10,18H2. The van der Waals surface area contributed by atoms with Crippen LogP contribution in [-0.4, -0.2) is 6.54 Å². The second kappa shape index (κ2) is 4.54. The van der Waals surface area contributed by atoms with E-state index in [2.05, 4.69) is 24.3 Å². The highest BCUT2D eigenvalue weighted by molar-refractivity contribution is 5.45. The van der Waals surface area contributed by atoms with Gasteiger partial charge in [-0.2, -0.15) is 0 Å². The molecule has 2 heteroatoms. The maximum atomic E-state index is 13.4. The zero-order chi connectivity index (χ0) is 12.5. The van der Waals surface area contributed by atoms with Gasteiger partial charge in [0.1, 0.15) is 5.82 Å². The van der Waals surface area contributed by atoms with Crippen LogP contribution in [0.15, 0.2) is 42.5 Å². The molecule has 0 amide bonds. The number of benzene rings is 2. The Morgan fingerprint density at radius 2 is 1.72 bits per heavy atom. The number of hydrogen-bond acceptors (Lipinski definition) is 1. The monoisotopic (exact) mass is 241 g/mol. The van der Waals surface area contributed by atoms with Gasteiger partial charge in [0.05, 0.1) is 0 Å². The minimum Gasteiger partial charge on any atom is -0.330 e. The van der Waals surface area contributed by atoms with E-state index in [1.807, 2.05) is 6.07 Å². The minimum atomic E-state index is -0.157. The molecule has 1 aliphatic rings. The number of nitrogens with two attached hydrogens (primary N) is 1. The summed E-state index contributed by atoms with van der Waals surface area (Å²) in [5.41, 5.74) is 10.9. The van der Waals surface area contributed by atoms with Crippen LogP contribution in [-0.2, 0) is 12.8 Å². The van der Waals surface area contributed by atoms with Gasteiger partial charge < -0.3 is 5.73 Å². The Hall–Kier alpha value is -1.67. The van der Waals surface area contributed by atoms with Gasteiger partial charge in [-0.15, -0.1) is 0 Å². The molecule has 0 radical (unpaired) electrons. The first-order chi connectivity index (χ1) is 8.79. The smallest absolute Gasteiger partial charge is 0.123 e. The van der Waals surface area contributed by atoms with Gasteiger partial charge >= 0.3 is 0 Å². The molecular weight excluding hydrogens is 225 g/mol. The van der Waals surface area contributed by atoms with Crippen molar-refractivity contribution < 1.29 is 4.39 Å². The molecular formula is C16H16FN. The first kappa shape index (κ1) is 11.4. The second-order valence-electron chi connectivity index (χ2n) is 4.83. The van der Waals surface area contributed by atoms with Crippen molar-refractivity contribution in [1.82, 2.24) is 0 Å². The summed E-state index contributed by atoms with van der Waals surface area (Å²) in [6, 6.07) is 13.5. The van der Waals surface area contributed by atoms with Crippen molar-refractivity contribution in [3.05, 3.63) is 70.5 Å². The van der Waals surface area contributed by atoms with E-state index in [1.54, 1.807) is 6.07 Å². The van der Waals surface area contributed by atoms with Crippen LogP contribution < -0.4 is 5.73 Å². The normalized spacial score (nSPS) is 17.8. The van der Waals surface area contributed by atoms with Crippen LogP contribution in [0.1, 0.15) is 28.2 Å². The summed E-state index contributed by atoms with van der Waals surface area (Å²) in [5.74, 6) is 0.0368. The summed E-state index contributed by atoms with van der Waals surface area (Å²) in [4.78, 5) is 0. The summed E-state index contributed by atoms with van der Waals surface area (Å²) < 4.78 is 13.4. The van der Waals surface area contributed by atoms with E-state index >= 15 is 0 Å². The van der Waals surface area contributed by atoms with Gasteiger partial charge in [-0.25, -0.2) is 4.39 Å². The highest BCUT2D eigenvalue weighted by Crippen LogP contribution is 2.33. The van der Waals surface area contributed by atoms with Gasteiger partial charge in [0.2, 0.25) is 0 Å². The second-order valence-corrected chi connectivity index (χ2v) is 4.83. The first-order valence-electron chi connectivity index (χ1n) is 6.36. The summed E-state index contributed by atoms with van der Waals surface area (Å²) in [7, 11) is 0. The van der Waals surface area contributed by atoms with Gasteiger partial charge in [-0.05, 0) is 47.2 Å². The summed E-state index contributed by atoms with van der Waals surface area (Å²) >= 11 is 0. The van der Waals surface area contributed by atoms with Crippen LogP contribution in [0.25, 0.3) is 0 Å². The molecule has 0 bridgehead atoms. The van der Waals surface area contributed by atoms with Crippen LogP contribution >= 0.6 is 0 Å². The molecule has 0 spiro atoms. The lowest BCUT2D eigenvalue weighted by Gasteiger charge is -2.18. The molecule has 2 aromatic carbocycles. The zero-order valence-electron chi connectivity index (χ0n) is 10.2. The van der Waals surface area contributed by atoms with Gasteiger partial charge in [0.15, 0.2) is 0 Å². The third-order valence-corrected chi connectivity index (χ3v) is 3.81. The molecule has 1 aliphatic carbocycles. The highest BCUT2D eigenvalue weighted by atomic mass is 19.1. The Morgan fingerprint density at radius 1 is 1.00 bits per heavy atom. The summed E-state index contributed by atoms with van der Waals surface area (Å²) in [5, 5.41) is 0. The van der Waals surface area contributed by atoms with E-state index in [0.29, 0.717) is 6.54 Å². The van der Waals surface area contributed by atoms with Crippen molar-refractivity contribution >= 4 is 0 Å². The molecule has 2 N–H and O–H groups in total. The third kappa shape index (κ3) is 1.83. The van der Waals surface area contributed by atoms with Crippen LogP contribution in [0.4, 0.5) is 4.39 Å². The maximum absolute atomic E-state index is 13.4. The lowest BCUT2D eigenvalue weighted by atomic mass is 9.88. The van der Waals surface area contributed by atoms with Crippen molar-refractivity contribution in [3.63, 3.8) is 0 Å². The highest BCUT2D eigenvalue weighted by Gasteiger charge is 2.22. The average Bonchev–Trinajstić information content (AvgIpc) is 2.55. The van der Waals surface area contributed by atoms with E-state index in [1.165, 1.54) is 22.8 Å². The quantitative estimate of drug-likeness (QED) is 0.816. The van der Waals surface area contributed by atoms with E-state index < -0.39 is 0 Å². The lowest BCUT2D eigenvalue weighted by molar-refractivity contribution is 0.623. The van der Waals surface area contributed by atoms with Crippen LogP contribution in [0.5, 0.6) is 0 Å². The van der Waals surface area contributed by atoms with Crippen LogP contribution in [0, 0.1) is 5.82 Å². The average molecular weight is 241 g/mol. The lowest BCUT2D eigenvalue weighted by Crippen LogP contribution is -2.15.